The van der Waals surface area contributed by atoms with Gasteiger partial charge in [0.2, 0.25) is 0 Å². The lowest BCUT2D eigenvalue weighted by Crippen LogP contribution is -2.45. The molecule has 1 aliphatic rings. The second kappa shape index (κ2) is 6.82. The minimum absolute atomic E-state index is 0.109. The highest BCUT2D eigenvalue weighted by atomic mass is 16.2. The van der Waals surface area contributed by atoms with Crippen LogP contribution in [-0.2, 0) is 7.05 Å². The van der Waals surface area contributed by atoms with Crippen LogP contribution in [0.4, 0.5) is 5.82 Å². The SMILES string of the molecule is Cc1cccc(N2CCC(NC(=O)c3ccc(=O)n(C)n3)CC2)n1. The maximum absolute atomic E-state index is 12.3. The Kier molecular flexibility index (Phi) is 4.59. The number of rotatable bonds is 3. The quantitative estimate of drug-likeness (QED) is 0.905. The first-order valence-corrected chi connectivity index (χ1v) is 8.07. The van der Waals surface area contributed by atoms with Crippen molar-refractivity contribution in [1.29, 1.82) is 0 Å². The second-order valence-corrected chi connectivity index (χ2v) is 6.05. The normalized spacial score (nSPS) is 15.3. The van der Waals surface area contributed by atoms with E-state index in [9.17, 15) is 9.59 Å². The van der Waals surface area contributed by atoms with Crippen LogP contribution in [0.2, 0.25) is 0 Å². The molecule has 7 heteroatoms. The number of piperidine rings is 1. The maximum Gasteiger partial charge on any atom is 0.271 e. The fourth-order valence-corrected chi connectivity index (χ4v) is 2.84. The van der Waals surface area contributed by atoms with Gasteiger partial charge in [0.1, 0.15) is 11.5 Å². The number of pyridine rings is 1. The fourth-order valence-electron chi connectivity index (χ4n) is 2.84. The van der Waals surface area contributed by atoms with Crippen molar-refractivity contribution in [1.82, 2.24) is 20.1 Å². The summed E-state index contributed by atoms with van der Waals surface area (Å²) in [5.41, 5.74) is 1.04. The van der Waals surface area contributed by atoms with E-state index in [4.69, 9.17) is 0 Å². The molecule has 0 atom stereocenters. The Balaban J connectivity index is 1.58. The van der Waals surface area contributed by atoms with Crippen LogP contribution in [0.15, 0.2) is 35.1 Å². The van der Waals surface area contributed by atoms with E-state index >= 15 is 0 Å². The van der Waals surface area contributed by atoms with Gasteiger partial charge in [-0.3, -0.25) is 9.59 Å². The molecule has 0 aliphatic carbocycles. The van der Waals surface area contributed by atoms with Gasteiger partial charge in [0.25, 0.3) is 11.5 Å². The number of carbonyl (C=O) groups is 1. The van der Waals surface area contributed by atoms with Crippen LogP contribution in [0.3, 0.4) is 0 Å². The van der Waals surface area contributed by atoms with E-state index in [0.717, 1.165) is 37.4 Å². The van der Waals surface area contributed by atoms with E-state index in [0.29, 0.717) is 0 Å². The molecule has 24 heavy (non-hydrogen) atoms. The summed E-state index contributed by atoms with van der Waals surface area (Å²) in [6, 6.07) is 8.93. The monoisotopic (exact) mass is 327 g/mol. The van der Waals surface area contributed by atoms with Gasteiger partial charge >= 0.3 is 0 Å². The van der Waals surface area contributed by atoms with Crippen LogP contribution in [0.25, 0.3) is 0 Å². The summed E-state index contributed by atoms with van der Waals surface area (Å²) in [6.07, 6.45) is 1.71. The van der Waals surface area contributed by atoms with Crippen LogP contribution in [-0.4, -0.2) is 39.8 Å². The molecule has 3 rings (SSSR count). The molecule has 1 fully saturated rings. The third-order valence-corrected chi connectivity index (χ3v) is 4.22. The Bertz CT molecular complexity index is 794. The summed E-state index contributed by atoms with van der Waals surface area (Å²) in [4.78, 5) is 30.4. The molecule has 0 unspecified atom stereocenters. The van der Waals surface area contributed by atoms with Gasteiger partial charge in [-0.15, -0.1) is 0 Å². The molecular formula is C17H21N5O2. The standard InChI is InChI=1S/C17H21N5O2/c1-12-4-3-5-15(18-12)22-10-8-13(9-11-22)19-17(24)14-6-7-16(23)21(2)20-14/h3-7,13H,8-11H2,1-2H3,(H,19,24). The minimum atomic E-state index is -0.238. The molecule has 2 aromatic heterocycles. The number of carbonyl (C=O) groups excluding carboxylic acids is 1. The van der Waals surface area contributed by atoms with Gasteiger partial charge in [-0.1, -0.05) is 6.07 Å². The van der Waals surface area contributed by atoms with E-state index in [2.05, 4.69) is 20.3 Å². The molecule has 3 heterocycles. The summed E-state index contributed by atoms with van der Waals surface area (Å²) in [7, 11) is 1.53. The molecule has 1 amide bonds. The van der Waals surface area contributed by atoms with Gasteiger partial charge in [0, 0.05) is 37.9 Å². The Morgan fingerprint density at radius 2 is 1.96 bits per heavy atom. The Morgan fingerprint density at radius 3 is 2.62 bits per heavy atom. The van der Waals surface area contributed by atoms with Crippen molar-refractivity contribution in [3.8, 4) is 0 Å². The van der Waals surface area contributed by atoms with E-state index in [-0.39, 0.29) is 23.2 Å². The van der Waals surface area contributed by atoms with Gasteiger partial charge < -0.3 is 10.2 Å². The number of hydrogen-bond acceptors (Lipinski definition) is 5. The van der Waals surface area contributed by atoms with Crippen molar-refractivity contribution >= 4 is 11.7 Å². The number of nitrogens with one attached hydrogen (secondary N) is 1. The van der Waals surface area contributed by atoms with Crippen LogP contribution < -0.4 is 15.8 Å². The molecule has 7 nitrogen and oxygen atoms in total. The molecule has 2 aromatic rings. The van der Waals surface area contributed by atoms with E-state index in [1.165, 1.54) is 23.9 Å². The first kappa shape index (κ1) is 16.2. The Hall–Kier alpha value is -2.70. The maximum atomic E-state index is 12.3. The van der Waals surface area contributed by atoms with Crippen molar-refractivity contribution in [2.45, 2.75) is 25.8 Å². The molecule has 0 radical (unpaired) electrons. The largest absolute Gasteiger partial charge is 0.356 e. The number of aromatic nitrogens is 3. The van der Waals surface area contributed by atoms with Crippen LogP contribution >= 0.6 is 0 Å². The molecule has 1 aliphatic heterocycles. The summed E-state index contributed by atoms with van der Waals surface area (Å²) < 4.78 is 1.17. The zero-order chi connectivity index (χ0) is 17.1. The van der Waals surface area contributed by atoms with Gasteiger partial charge in [-0.25, -0.2) is 9.67 Å². The lowest BCUT2D eigenvalue weighted by Gasteiger charge is -2.33. The first-order chi connectivity index (χ1) is 11.5. The van der Waals surface area contributed by atoms with Gasteiger partial charge in [0.05, 0.1) is 0 Å². The molecule has 1 saturated heterocycles. The number of aryl methyl sites for hydroxylation is 2. The second-order valence-electron chi connectivity index (χ2n) is 6.05. The van der Waals surface area contributed by atoms with Gasteiger partial charge in [-0.2, -0.15) is 5.10 Å². The predicted molar refractivity (Wildman–Crippen MR) is 91.2 cm³/mol. The molecule has 0 saturated carbocycles. The van der Waals surface area contributed by atoms with Crippen molar-refractivity contribution in [2.24, 2.45) is 7.05 Å². The lowest BCUT2D eigenvalue weighted by atomic mass is 10.0. The number of anilines is 1. The van der Waals surface area contributed by atoms with Gasteiger partial charge in [0.15, 0.2) is 0 Å². The van der Waals surface area contributed by atoms with Crippen molar-refractivity contribution < 1.29 is 4.79 Å². The summed E-state index contributed by atoms with van der Waals surface area (Å²) in [5.74, 6) is 0.747. The summed E-state index contributed by atoms with van der Waals surface area (Å²) in [5, 5.41) is 6.98. The average Bonchev–Trinajstić information content (AvgIpc) is 2.58. The topological polar surface area (TPSA) is 80.1 Å². The molecule has 0 spiro atoms. The van der Waals surface area contributed by atoms with Crippen LogP contribution in [0.1, 0.15) is 29.0 Å². The number of hydrogen-bond donors (Lipinski definition) is 1. The fraction of sp³-hybridized carbons (Fsp3) is 0.412. The first-order valence-electron chi connectivity index (χ1n) is 8.07. The van der Waals surface area contributed by atoms with Crippen LogP contribution in [0, 0.1) is 6.92 Å². The molecule has 1 N–H and O–H groups in total. The zero-order valence-electron chi connectivity index (χ0n) is 13.9. The third-order valence-electron chi connectivity index (χ3n) is 4.22. The highest BCUT2D eigenvalue weighted by Gasteiger charge is 2.22. The molecular weight excluding hydrogens is 306 g/mol. The summed E-state index contributed by atoms with van der Waals surface area (Å²) in [6.45, 7) is 3.68. The zero-order valence-corrected chi connectivity index (χ0v) is 13.9. The Morgan fingerprint density at radius 1 is 1.21 bits per heavy atom. The smallest absolute Gasteiger partial charge is 0.271 e. The van der Waals surface area contributed by atoms with Crippen molar-refractivity contribution in [3.63, 3.8) is 0 Å². The van der Waals surface area contributed by atoms with E-state index in [1.54, 1.807) is 0 Å². The highest BCUT2D eigenvalue weighted by molar-refractivity contribution is 5.92. The Labute approximate surface area is 140 Å². The van der Waals surface area contributed by atoms with Gasteiger partial charge in [-0.05, 0) is 38.0 Å². The average molecular weight is 327 g/mol. The van der Waals surface area contributed by atoms with Crippen LogP contribution in [0.5, 0.6) is 0 Å². The number of nitrogens with zero attached hydrogens (tertiary/aromatic N) is 4. The summed E-state index contributed by atoms with van der Waals surface area (Å²) >= 11 is 0. The van der Waals surface area contributed by atoms with Crippen molar-refractivity contribution in [3.05, 3.63) is 52.1 Å². The molecule has 0 bridgehead atoms. The molecule has 126 valence electrons. The highest BCUT2D eigenvalue weighted by Crippen LogP contribution is 2.18. The molecule has 0 aromatic carbocycles. The minimum Gasteiger partial charge on any atom is -0.356 e. The third kappa shape index (κ3) is 3.61. The van der Waals surface area contributed by atoms with E-state index < -0.39 is 0 Å². The predicted octanol–water partition coefficient (Wildman–Crippen LogP) is 0.883. The lowest BCUT2D eigenvalue weighted by molar-refractivity contribution is 0.0923. The number of amides is 1. The van der Waals surface area contributed by atoms with Crippen molar-refractivity contribution in [2.75, 3.05) is 18.0 Å². The van der Waals surface area contributed by atoms with E-state index in [1.807, 2.05) is 25.1 Å².